The second-order valence-electron chi connectivity index (χ2n) is 2.82. The molecular formula is C10H10ClFOS. The number of carbonyl (C=O) groups is 1. The third-order valence-electron chi connectivity index (χ3n) is 1.77. The van der Waals surface area contributed by atoms with Gasteiger partial charge < -0.3 is 0 Å². The van der Waals surface area contributed by atoms with Crippen LogP contribution < -0.4 is 0 Å². The van der Waals surface area contributed by atoms with Gasteiger partial charge in [0.15, 0.2) is 5.78 Å². The molecule has 1 rings (SSSR count). The molecule has 0 heterocycles. The van der Waals surface area contributed by atoms with Gasteiger partial charge in [-0.3, -0.25) is 4.79 Å². The van der Waals surface area contributed by atoms with E-state index in [-0.39, 0.29) is 23.9 Å². The second-order valence-corrected chi connectivity index (χ2v) is 3.93. The Bertz CT molecular complexity index is 341. The monoisotopic (exact) mass is 232 g/mol. The lowest BCUT2D eigenvalue weighted by atomic mass is 10.1. The molecule has 4 heteroatoms. The second kappa shape index (κ2) is 5.37. The van der Waals surface area contributed by atoms with E-state index in [1.807, 2.05) is 6.26 Å². The van der Waals surface area contributed by atoms with Gasteiger partial charge in [0.2, 0.25) is 0 Å². The predicted molar refractivity (Wildman–Crippen MR) is 57.6 cm³/mol. The minimum absolute atomic E-state index is 0.0219. The first-order valence-corrected chi connectivity index (χ1v) is 5.83. The van der Waals surface area contributed by atoms with E-state index in [0.29, 0.717) is 10.5 Å². The van der Waals surface area contributed by atoms with Crippen LogP contribution in [0.5, 0.6) is 0 Å². The summed E-state index contributed by atoms with van der Waals surface area (Å²) >= 11 is 6.70. The van der Waals surface area contributed by atoms with Crippen molar-refractivity contribution in [1.82, 2.24) is 0 Å². The Kier molecular flexibility index (Phi) is 4.42. The Hall–Kier alpha value is -0.540. The summed E-state index contributed by atoms with van der Waals surface area (Å²) < 4.78 is 13.2. The Balaban J connectivity index is 2.81. The van der Waals surface area contributed by atoms with Crippen LogP contribution in [0.4, 0.5) is 4.39 Å². The third kappa shape index (κ3) is 3.00. The van der Waals surface area contributed by atoms with Gasteiger partial charge in [-0.15, -0.1) is 23.4 Å². The molecule has 0 unspecified atom stereocenters. The molecule has 0 amide bonds. The molecule has 0 atom stereocenters. The van der Waals surface area contributed by atoms with Crippen LogP contribution in [0.15, 0.2) is 23.1 Å². The first-order valence-electron chi connectivity index (χ1n) is 4.07. The number of carbonyl (C=O) groups excluding carboxylic acids is 1. The summed E-state index contributed by atoms with van der Waals surface area (Å²) in [5.41, 5.74) is 0.672. The van der Waals surface area contributed by atoms with Crippen molar-refractivity contribution in [3.05, 3.63) is 29.6 Å². The molecule has 0 fully saturated rings. The summed E-state index contributed by atoms with van der Waals surface area (Å²) in [4.78, 5) is 11.6. The fourth-order valence-corrected chi connectivity index (χ4v) is 1.65. The largest absolute Gasteiger partial charge is 0.298 e. The average Bonchev–Trinajstić information content (AvgIpc) is 2.18. The number of ketones is 1. The van der Waals surface area contributed by atoms with Crippen molar-refractivity contribution in [1.29, 1.82) is 0 Å². The van der Waals surface area contributed by atoms with Crippen molar-refractivity contribution < 1.29 is 9.18 Å². The third-order valence-corrected chi connectivity index (χ3v) is 2.84. The summed E-state index contributed by atoms with van der Waals surface area (Å²) in [6, 6.07) is 4.81. The van der Waals surface area contributed by atoms with E-state index in [0.717, 1.165) is 0 Å². The van der Waals surface area contributed by atoms with Crippen LogP contribution >= 0.6 is 23.4 Å². The van der Waals surface area contributed by atoms with E-state index in [2.05, 4.69) is 0 Å². The number of alkyl halides is 1. The lowest BCUT2D eigenvalue weighted by Gasteiger charge is -2.02. The molecule has 1 aromatic carbocycles. The van der Waals surface area contributed by atoms with E-state index in [4.69, 9.17) is 11.6 Å². The van der Waals surface area contributed by atoms with Gasteiger partial charge >= 0.3 is 0 Å². The summed E-state index contributed by atoms with van der Waals surface area (Å²) in [6.45, 7) is 0. The van der Waals surface area contributed by atoms with E-state index >= 15 is 0 Å². The quantitative estimate of drug-likeness (QED) is 0.587. The molecule has 1 nitrogen and oxygen atoms in total. The number of hydrogen-bond acceptors (Lipinski definition) is 2. The zero-order chi connectivity index (χ0) is 10.6. The lowest BCUT2D eigenvalue weighted by molar-refractivity contribution is -0.116. The molecule has 0 aliphatic heterocycles. The van der Waals surface area contributed by atoms with E-state index in [9.17, 15) is 9.18 Å². The molecule has 1 aromatic rings. The number of thioether (sulfide) groups is 1. The highest BCUT2D eigenvalue weighted by Crippen LogP contribution is 2.20. The maximum absolute atomic E-state index is 13.2. The molecule has 0 N–H and O–H groups in total. The standard InChI is InChI=1S/C10H10ClFOS/c1-14-10-3-2-7(5-9(10)12)4-8(13)6-11/h2-3,5H,4,6H2,1H3. The highest BCUT2D eigenvalue weighted by molar-refractivity contribution is 7.98. The fourth-order valence-electron chi connectivity index (χ4n) is 1.09. The Morgan fingerprint density at radius 1 is 1.57 bits per heavy atom. The van der Waals surface area contributed by atoms with Crippen LogP contribution in [0.1, 0.15) is 5.56 Å². The molecule has 0 radical (unpaired) electrons. The maximum Gasteiger partial charge on any atom is 0.151 e. The van der Waals surface area contributed by atoms with Gasteiger partial charge in [0.05, 0.1) is 5.88 Å². The van der Waals surface area contributed by atoms with Gasteiger partial charge in [-0.2, -0.15) is 0 Å². The van der Waals surface area contributed by atoms with E-state index in [1.54, 1.807) is 12.1 Å². The highest BCUT2D eigenvalue weighted by Gasteiger charge is 2.05. The number of hydrogen-bond donors (Lipinski definition) is 0. The molecule has 0 spiro atoms. The van der Waals surface area contributed by atoms with Crippen LogP contribution in [0.2, 0.25) is 0 Å². The lowest BCUT2D eigenvalue weighted by Crippen LogP contribution is -2.03. The molecule has 14 heavy (non-hydrogen) atoms. The molecule has 0 saturated carbocycles. The van der Waals surface area contributed by atoms with Gasteiger partial charge in [-0.25, -0.2) is 4.39 Å². The molecule has 0 aromatic heterocycles. The first-order chi connectivity index (χ1) is 6.67. The zero-order valence-electron chi connectivity index (χ0n) is 7.72. The Morgan fingerprint density at radius 3 is 2.79 bits per heavy atom. The van der Waals surface area contributed by atoms with Crippen molar-refractivity contribution >= 4 is 29.1 Å². The van der Waals surface area contributed by atoms with Crippen LogP contribution in [0.25, 0.3) is 0 Å². The van der Waals surface area contributed by atoms with Crippen molar-refractivity contribution in [3.8, 4) is 0 Å². The van der Waals surface area contributed by atoms with Gasteiger partial charge in [0.25, 0.3) is 0 Å². The SMILES string of the molecule is CSc1ccc(CC(=O)CCl)cc1F. The smallest absolute Gasteiger partial charge is 0.151 e. The Morgan fingerprint density at radius 2 is 2.29 bits per heavy atom. The van der Waals surface area contributed by atoms with Crippen LogP contribution in [-0.2, 0) is 11.2 Å². The number of benzene rings is 1. The average molecular weight is 233 g/mol. The topological polar surface area (TPSA) is 17.1 Å². The van der Waals surface area contributed by atoms with Crippen LogP contribution in [0.3, 0.4) is 0 Å². The summed E-state index contributed by atoms with van der Waals surface area (Å²) in [5, 5.41) is 0. The van der Waals surface area contributed by atoms with Gasteiger partial charge in [0.1, 0.15) is 5.82 Å². The van der Waals surface area contributed by atoms with Crippen LogP contribution in [0, 0.1) is 5.82 Å². The van der Waals surface area contributed by atoms with Gasteiger partial charge in [-0.05, 0) is 24.0 Å². The van der Waals surface area contributed by atoms with Crippen molar-refractivity contribution in [3.63, 3.8) is 0 Å². The molecular weight excluding hydrogens is 223 g/mol. The normalized spacial score (nSPS) is 10.2. The summed E-state index contributed by atoms with van der Waals surface area (Å²) in [6.07, 6.45) is 2.01. The van der Waals surface area contributed by atoms with Crippen molar-refractivity contribution in [2.24, 2.45) is 0 Å². The minimum atomic E-state index is -0.280. The Labute approximate surface area is 91.6 Å². The number of rotatable bonds is 4. The molecule has 76 valence electrons. The molecule has 0 saturated heterocycles. The highest BCUT2D eigenvalue weighted by atomic mass is 35.5. The summed E-state index contributed by atoms with van der Waals surface area (Å²) in [5.74, 6) is -0.397. The number of Topliss-reactive ketones (excluding diaryl/α,β-unsaturated/α-hetero) is 1. The van der Waals surface area contributed by atoms with E-state index in [1.165, 1.54) is 17.8 Å². The maximum atomic E-state index is 13.2. The van der Waals surface area contributed by atoms with Crippen molar-refractivity contribution in [2.75, 3.05) is 12.1 Å². The first kappa shape index (κ1) is 11.5. The van der Waals surface area contributed by atoms with Crippen molar-refractivity contribution in [2.45, 2.75) is 11.3 Å². The van der Waals surface area contributed by atoms with Gasteiger partial charge in [0, 0.05) is 11.3 Å². The van der Waals surface area contributed by atoms with E-state index < -0.39 is 0 Å². The molecule has 0 aliphatic rings. The molecule has 0 aliphatic carbocycles. The minimum Gasteiger partial charge on any atom is -0.298 e. The zero-order valence-corrected chi connectivity index (χ0v) is 9.29. The number of halogens is 2. The predicted octanol–water partition coefficient (Wildman–Crippen LogP) is 2.90. The van der Waals surface area contributed by atoms with Crippen LogP contribution in [-0.4, -0.2) is 17.9 Å². The fraction of sp³-hybridized carbons (Fsp3) is 0.300. The molecule has 0 bridgehead atoms. The van der Waals surface area contributed by atoms with Gasteiger partial charge in [-0.1, -0.05) is 6.07 Å². The summed E-state index contributed by atoms with van der Waals surface area (Å²) in [7, 11) is 0.